The molecule has 0 bridgehead atoms. The monoisotopic (exact) mass is 428 g/mol. The number of fused-ring (bicyclic) bond motifs is 1. The van der Waals surface area contributed by atoms with Crippen molar-refractivity contribution < 1.29 is 8.42 Å². The maximum absolute atomic E-state index is 13.1. The summed E-state index contributed by atoms with van der Waals surface area (Å²) in [7, 11) is -2.26. The van der Waals surface area contributed by atoms with Crippen molar-refractivity contribution in [2.24, 2.45) is 7.05 Å². The molecule has 1 aromatic carbocycles. The van der Waals surface area contributed by atoms with Crippen LogP contribution in [0.3, 0.4) is 0 Å². The van der Waals surface area contributed by atoms with E-state index in [9.17, 15) is 23.3 Å². The number of benzene rings is 1. The number of aromatic nitrogens is 4. The Morgan fingerprint density at radius 1 is 1.27 bits per heavy atom. The third kappa shape index (κ3) is 3.34. The van der Waals surface area contributed by atoms with Crippen LogP contribution in [0.5, 0.6) is 0 Å². The summed E-state index contributed by atoms with van der Waals surface area (Å²) >= 11 is 0. The highest BCUT2D eigenvalue weighted by Gasteiger charge is 2.46. The summed E-state index contributed by atoms with van der Waals surface area (Å²) in [5.74, 6) is 0. The minimum absolute atomic E-state index is 0.0220. The molecule has 1 aliphatic rings. The second-order valence-corrected chi connectivity index (χ2v) is 9.10. The molecule has 0 atom stereocenters. The zero-order valence-electron chi connectivity index (χ0n) is 16.5. The summed E-state index contributed by atoms with van der Waals surface area (Å²) in [6.45, 7) is 2.11. The number of rotatable bonds is 6. The SMILES string of the molecule is CCn1c(=O)n(Cc2cnn(C)c2)c(=O)c2cc(S(=O)(=O)NC3(C#N)CC3)ccc21. The van der Waals surface area contributed by atoms with Crippen LogP contribution < -0.4 is 16.0 Å². The van der Waals surface area contributed by atoms with Crippen molar-refractivity contribution in [2.45, 2.75) is 43.3 Å². The zero-order valence-corrected chi connectivity index (χ0v) is 17.3. The highest BCUT2D eigenvalue weighted by atomic mass is 32.2. The van der Waals surface area contributed by atoms with Gasteiger partial charge in [-0.1, -0.05) is 0 Å². The first kappa shape index (κ1) is 20.1. The van der Waals surface area contributed by atoms with Crippen LogP contribution in [0.2, 0.25) is 0 Å². The summed E-state index contributed by atoms with van der Waals surface area (Å²) in [5.41, 5.74) is -1.10. The molecule has 10 nitrogen and oxygen atoms in total. The van der Waals surface area contributed by atoms with Gasteiger partial charge in [-0.2, -0.15) is 15.1 Å². The van der Waals surface area contributed by atoms with Gasteiger partial charge < -0.3 is 0 Å². The predicted molar refractivity (Wildman–Crippen MR) is 108 cm³/mol. The Labute approximate surface area is 172 Å². The van der Waals surface area contributed by atoms with Crippen molar-refractivity contribution >= 4 is 20.9 Å². The molecule has 1 saturated carbocycles. The Bertz CT molecular complexity index is 1420. The predicted octanol–water partition coefficient (Wildman–Crippen LogP) is 0.299. The zero-order chi connectivity index (χ0) is 21.7. The first-order chi connectivity index (χ1) is 14.2. The second-order valence-electron chi connectivity index (χ2n) is 7.42. The molecule has 1 fully saturated rings. The second kappa shape index (κ2) is 6.93. The molecule has 0 amide bonds. The van der Waals surface area contributed by atoms with E-state index < -0.39 is 26.8 Å². The van der Waals surface area contributed by atoms with Crippen molar-refractivity contribution in [2.75, 3.05) is 0 Å². The molecule has 0 spiro atoms. The number of aryl methyl sites for hydroxylation is 2. The lowest BCUT2D eigenvalue weighted by Gasteiger charge is -2.14. The normalized spacial score (nSPS) is 15.2. The van der Waals surface area contributed by atoms with Crippen molar-refractivity contribution in [3.05, 3.63) is 57.0 Å². The van der Waals surface area contributed by atoms with Gasteiger partial charge in [-0.25, -0.2) is 13.2 Å². The van der Waals surface area contributed by atoms with Gasteiger partial charge in [0.25, 0.3) is 5.56 Å². The van der Waals surface area contributed by atoms with Crippen molar-refractivity contribution in [1.29, 1.82) is 5.26 Å². The summed E-state index contributed by atoms with van der Waals surface area (Å²) in [6.07, 6.45) is 4.16. The van der Waals surface area contributed by atoms with Crippen LogP contribution in [-0.4, -0.2) is 32.9 Å². The van der Waals surface area contributed by atoms with E-state index in [2.05, 4.69) is 9.82 Å². The van der Waals surface area contributed by atoms with Crippen LogP contribution in [0.4, 0.5) is 0 Å². The molecule has 156 valence electrons. The molecule has 1 N–H and O–H groups in total. The number of sulfonamides is 1. The fourth-order valence-electron chi connectivity index (χ4n) is 3.43. The van der Waals surface area contributed by atoms with Crippen molar-refractivity contribution in [3.8, 4) is 6.07 Å². The first-order valence-corrected chi connectivity index (χ1v) is 10.9. The third-order valence-electron chi connectivity index (χ3n) is 5.22. The van der Waals surface area contributed by atoms with Gasteiger partial charge in [0.05, 0.1) is 34.6 Å². The van der Waals surface area contributed by atoms with E-state index in [-0.39, 0.29) is 16.8 Å². The van der Waals surface area contributed by atoms with Crippen LogP contribution >= 0.6 is 0 Å². The number of nitrogens with one attached hydrogen (secondary N) is 1. The molecular weight excluding hydrogens is 408 g/mol. The minimum atomic E-state index is -4.00. The standard InChI is InChI=1S/C19H20N6O4S/c1-3-24-16-5-4-14(30(28,29)22-19(12-20)6-7-19)8-15(16)17(26)25(18(24)27)11-13-9-21-23(2)10-13/h4-5,8-10,22H,3,6-7,11H2,1-2H3. The van der Waals surface area contributed by atoms with E-state index in [1.807, 2.05) is 6.07 Å². The summed E-state index contributed by atoms with van der Waals surface area (Å²) in [4.78, 5) is 25.9. The molecule has 0 aliphatic heterocycles. The number of nitrogens with zero attached hydrogens (tertiary/aromatic N) is 5. The highest BCUT2D eigenvalue weighted by Crippen LogP contribution is 2.36. The molecule has 0 radical (unpaired) electrons. The van der Waals surface area contributed by atoms with Gasteiger partial charge in [0.1, 0.15) is 5.54 Å². The Hall–Kier alpha value is -3.23. The lowest BCUT2D eigenvalue weighted by atomic mass is 10.2. The highest BCUT2D eigenvalue weighted by molar-refractivity contribution is 7.89. The van der Waals surface area contributed by atoms with Gasteiger partial charge in [0, 0.05) is 25.4 Å². The summed E-state index contributed by atoms with van der Waals surface area (Å²) < 4.78 is 32.0. The first-order valence-electron chi connectivity index (χ1n) is 9.40. The number of hydrogen-bond acceptors (Lipinski definition) is 6. The summed E-state index contributed by atoms with van der Waals surface area (Å²) in [5, 5.41) is 13.4. The Morgan fingerprint density at radius 3 is 2.57 bits per heavy atom. The van der Waals surface area contributed by atoms with Crippen LogP contribution in [0.25, 0.3) is 10.9 Å². The van der Waals surface area contributed by atoms with E-state index in [4.69, 9.17) is 0 Å². The van der Waals surface area contributed by atoms with Crippen LogP contribution in [0.15, 0.2) is 45.1 Å². The fourth-order valence-corrected chi connectivity index (χ4v) is 4.83. The van der Waals surface area contributed by atoms with E-state index in [1.54, 1.807) is 31.0 Å². The Balaban J connectivity index is 1.88. The molecule has 4 rings (SSSR count). The topological polar surface area (TPSA) is 132 Å². The van der Waals surface area contributed by atoms with E-state index in [1.165, 1.54) is 22.8 Å². The van der Waals surface area contributed by atoms with Gasteiger partial charge in [-0.15, -0.1) is 0 Å². The molecule has 3 aromatic rings. The Morgan fingerprint density at radius 2 is 2.00 bits per heavy atom. The smallest absolute Gasteiger partial charge is 0.293 e. The van der Waals surface area contributed by atoms with Crippen molar-refractivity contribution in [1.82, 2.24) is 23.6 Å². The third-order valence-corrected chi connectivity index (χ3v) is 6.75. The molecule has 11 heteroatoms. The van der Waals surface area contributed by atoms with Crippen LogP contribution in [0.1, 0.15) is 25.3 Å². The quantitative estimate of drug-likeness (QED) is 0.601. The van der Waals surface area contributed by atoms with Crippen LogP contribution in [0, 0.1) is 11.3 Å². The number of nitriles is 1. The largest absolute Gasteiger partial charge is 0.331 e. The molecule has 1 aliphatic carbocycles. The maximum Gasteiger partial charge on any atom is 0.331 e. The molecule has 0 saturated heterocycles. The van der Waals surface area contributed by atoms with Crippen LogP contribution in [-0.2, 0) is 30.2 Å². The Kier molecular flexibility index (Phi) is 4.63. The van der Waals surface area contributed by atoms with Gasteiger partial charge in [0.15, 0.2) is 0 Å². The molecule has 0 unspecified atom stereocenters. The molecular formula is C19H20N6O4S. The van der Waals surface area contributed by atoms with Gasteiger partial charge >= 0.3 is 5.69 Å². The maximum atomic E-state index is 13.1. The van der Waals surface area contributed by atoms with Crippen molar-refractivity contribution in [3.63, 3.8) is 0 Å². The molecule has 2 aromatic heterocycles. The lowest BCUT2D eigenvalue weighted by molar-refractivity contribution is 0.571. The lowest BCUT2D eigenvalue weighted by Crippen LogP contribution is -2.40. The van der Waals surface area contributed by atoms with E-state index in [0.29, 0.717) is 30.5 Å². The average molecular weight is 428 g/mol. The van der Waals surface area contributed by atoms with E-state index in [0.717, 1.165) is 4.57 Å². The summed E-state index contributed by atoms with van der Waals surface area (Å²) in [6, 6.07) is 6.04. The average Bonchev–Trinajstić information content (AvgIpc) is 3.36. The molecule has 2 heterocycles. The van der Waals surface area contributed by atoms with Gasteiger partial charge in [0.2, 0.25) is 10.0 Å². The fraction of sp³-hybridized carbons (Fsp3) is 0.368. The molecule has 30 heavy (non-hydrogen) atoms. The number of hydrogen-bond donors (Lipinski definition) is 1. The van der Waals surface area contributed by atoms with E-state index >= 15 is 0 Å². The van der Waals surface area contributed by atoms with Gasteiger partial charge in [-0.3, -0.25) is 18.6 Å². The van der Waals surface area contributed by atoms with Gasteiger partial charge in [-0.05, 0) is 38.0 Å². The minimum Gasteiger partial charge on any atom is -0.293 e.